The summed E-state index contributed by atoms with van der Waals surface area (Å²) in [5.41, 5.74) is 0.731. The number of aromatic nitrogens is 2. The lowest BCUT2D eigenvalue weighted by Crippen LogP contribution is -2.19. The molecule has 1 aliphatic heterocycles. The molecule has 0 aliphatic carbocycles. The van der Waals surface area contributed by atoms with Crippen molar-refractivity contribution in [1.82, 2.24) is 9.55 Å². The minimum Gasteiger partial charge on any atom is -0.485 e. The first kappa shape index (κ1) is 15.3. The molecule has 0 atom stereocenters. The Hall–Kier alpha value is -3.29. The number of para-hydroxylation sites is 2. The van der Waals surface area contributed by atoms with Gasteiger partial charge in [-0.3, -0.25) is 9.36 Å². The summed E-state index contributed by atoms with van der Waals surface area (Å²) in [5.74, 6) is -4.56. The van der Waals surface area contributed by atoms with E-state index in [1.54, 1.807) is 16.7 Å². The molecule has 1 aromatic heterocycles. The monoisotopic (exact) mass is 345 g/mol. The number of hydrogen-bond donors (Lipinski definition) is 1. The minimum absolute atomic E-state index is 0.0126. The number of fused-ring (bicyclic) bond motifs is 3. The van der Waals surface area contributed by atoms with Gasteiger partial charge in [0.05, 0.1) is 17.1 Å². The van der Waals surface area contributed by atoms with Crippen LogP contribution in [0.25, 0.3) is 5.69 Å². The normalized spacial score (nSPS) is 12.1. The average Bonchev–Trinajstić information content (AvgIpc) is 3.07. The Morgan fingerprint density at radius 3 is 2.76 bits per heavy atom. The number of rotatable bonds is 2. The van der Waals surface area contributed by atoms with Gasteiger partial charge in [0.2, 0.25) is 0 Å². The second-order valence-corrected chi connectivity index (χ2v) is 5.34. The molecule has 25 heavy (non-hydrogen) atoms. The first-order valence-corrected chi connectivity index (χ1v) is 7.29. The van der Waals surface area contributed by atoms with Crippen LogP contribution in [0.3, 0.4) is 0 Å². The highest BCUT2D eigenvalue weighted by Gasteiger charge is 2.25. The standard InChI is InChI=1S/C17H10F3N3O2/c18-9-5-6-10(15(20)14(9)19)22-17(24)16-12-7-25-13-4-2-1-3-11(13)23(12)8-21-16/h1-6,8H,7H2,(H,22,24). The Bertz CT molecular complexity index is 1000. The topological polar surface area (TPSA) is 56.2 Å². The summed E-state index contributed by atoms with van der Waals surface area (Å²) in [5, 5.41) is 2.20. The molecule has 0 spiro atoms. The molecular formula is C17H10F3N3O2. The van der Waals surface area contributed by atoms with Gasteiger partial charge < -0.3 is 10.1 Å². The molecule has 3 aromatic rings. The van der Waals surface area contributed by atoms with Crippen molar-refractivity contribution in [2.24, 2.45) is 0 Å². The number of anilines is 1. The van der Waals surface area contributed by atoms with E-state index in [4.69, 9.17) is 4.74 Å². The summed E-state index contributed by atoms with van der Waals surface area (Å²) in [6, 6.07) is 8.90. The molecule has 4 rings (SSSR count). The zero-order chi connectivity index (χ0) is 17.6. The molecule has 0 fully saturated rings. The second kappa shape index (κ2) is 5.66. The predicted octanol–water partition coefficient (Wildman–Crippen LogP) is 3.43. The van der Waals surface area contributed by atoms with Crippen molar-refractivity contribution in [3.63, 3.8) is 0 Å². The van der Waals surface area contributed by atoms with Crippen molar-refractivity contribution in [2.45, 2.75) is 6.61 Å². The first-order chi connectivity index (χ1) is 12.1. The molecule has 2 aromatic carbocycles. The van der Waals surface area contributed by atoms with E-state index in [9.17, 15) is 18.0 Å². The summed E-state index contributed by atoms with van der Waals surface area (Å²) in [6.07, 6.45) is 1.45. The van der Waals surface area contributed by atoms with E-state index in [1.165, 1.54) is 6.33 Å². The SMILES string of the molecule is O=C(Nc1ccc(F)c(F)c1F)c1ncn2c1COc1ccccc1-2. The lowest BCUT2D eigenvalue weighted by molar-refractivity contribution is 0.101. The minimum atomic E-state index is -1.65. The van der Waals surface area contributed by atoms with Crippen molar-refractivity contribution in [1.29, 1.82) is 0 Å². The van der Waals surface area contributed by atoms with Gasteiger partial charge in [0, 0.05) is 0 Å². The van der Waals surface area contributed by atoms with Crippen LogP contribution >= 0.6 is 0 Å². The van der Waals surface area contributed by atoms with Gasteiger partial charge in [0.25, 0.3) is 5.91 Å². The Labute approximate surface area is 139 Å². The molecular weight excluding hydrogens is 335 g/mol. The highest BCUT2D eigenvalue weighted by atomic mass is 19.2. The summed E-state index contributed by atoms with van der Waals surface area (Å²) in [7, 11) is 0. The third kappa shape index (κ3) is 2.42. The zero-order valence-electron chi connectivity index (χ0n) is 12.6. The van der Waals surface area contributed by atoms with Crippen LogP contribution in [0.15, 0.2) is 42.7 Å². The Balaban J connectivity index is 1.68. The fourth-order valence-corrected chi connectivity index (χ4v) is 2.64. The number of carbonyl (C=O) groups excluding carboxylic acids is 1. The van der Waals surface area contributed by atoms with Crippen LogP contribution in [0.4, 0.5) is 18.9 Å². The smallest absolute Gasteiger partial charge is 0.276 e. The van der Waals surface area contributed by atoms with Crippen molar-refractivity contribution in [3.05, 3.63) is 71.6 Å². The zero-order valence-corrected chi connectivity index (χ0v) is 12.6. The maximum absolute atomic E-state index is 13.7. The number of ether oxygens (including phenoxy) is 1. The van der Waals surface area contributed by atoms with E-state index < -0.39 is 29.0 Å². The molecule has 2 heterocycles. The number of hydrogen-bond acceptors (Lipinski definition) is 3. The fourth-order valence-electron chi connectivity index (χ4n) is 2.64. The molecule has 0 saturated heterocycles. The van der Waals surface area contributed by atoms with Crippen LogP contribution in [-0.2, 0) is 6.61 Å². The Morgan fingerprint density at radius 1 is 1.12 bits per heavy atom. The van der Waals surface area contributed by atoms with Gasteiger partial charge in [0.1, 0.15) is 18.7 Å². The van der Waals surface area contributed by atoms with E-state index in [-0.39, 0.29) is 12.3 Å². The molecule has 1 amide bonds. The van der Waals surface area contributed by atoms with Crippen LogP contribution in [0.5, 0.6) is 5.75 Å². The highest BCUT2D eigenvalue weighted by Crippen LogP contribution is 2.30. The highest BCUT2D eigenvalue weighted by molar-refractivity contribution is 6.03. The van der Waals surface area contributed by atoms with E-state index in [0.29, 0.717) is 17.1 Å². The summed E-state index contributed by atoms with van der Waals surface area (Å²) in [6.45, 7) is 0.0972. The number of benzene rings is 2. The maximum Gasteiger partial charge on any atom is 0.276 e. The molecule has 1 aliphatic rings. The van der Waals surface area contributed by atoms with Crippen LogP contribution in [-0.4, -0.2) is 15.5 Å². The Kier molecular flexibility index (Phi) is 3.45. The molecule has 8 heteroatoms. The largest absolute Gasteiger partial charge is 0.485 e. The van der Waals surface area contributed by atoms with Crippen LogP contribution in [0.2, 0.25) is 0 Å². The molecule has 0 saturated carbocycles. The van der Waals surface area contributed by atoms with Crippen LogP contribution in [0.1, 0.15) is 16.2 Å². The van der Waals surface area contributed by atoms with E-state index in [1.807, 2.05) is 12.1 Å². The number of amides is 1. The average molecular weight is 345 g/mol. The second-order valence-electron chi connectivity index (χ2n) is 5.34. The van der Waals surface area contributed by atoms with E-state index in [0.717, 1.165) is 12.1 Å². The quantitative estimate of drug-likeness (QED) is 0.724. The number of nitrogens with one attached hydrogen (secondary N) is 1. The lowest BCUT2D eigenvalue weighted by atomic mass is 10.2. The first-order valence-electron chi connectivity index (χ1n) is 7.29. The Morgan fingerprint density at radius 2 is 1.92 bits per heavy atom. The maximum atomic E-state index is 13.7. The fraction of sp³-hybridized carbons (Fsp3) is 0.0588. The van der Waals surface area contributed by atoms with Gasteiger partial charge in [0.15, 0.2) is 23.1 Å². The molecule has 0 radical (unpaired) electrons. The van der Waals surface area contributed by atoms with E-state index in [2.05, 4.69) is 10.3 Å². The predicted molar refractivity (Wildman–Crippen MR) is 82.2 cm³/mol. The van der Waals surface area contributed by atoms with Crippen molar-refractivity contribution in [2.75, 3.05) is 5.32 Å². The van der Waals surface area contributed by atoms with Crippen molar-refractivity contribution >= 4 is 11.6 Å². The van der Waals surface area contributed by atoms with E-state index >= 15 is 0 Å². The van der Waals surface area contributed by atoms with Crippen molar-refractivity contribution < 1.29 is 22.7 Å². The summed E-state index contributed by atoms with van der Waals surface area (Å²) >= 11 is 0. The van der Waals surface area contributed by atoms with Gasteiger partial charge in [-0.1, -0.05) is 12.1 Å². The number of imidazole rings is 1. The third-order valence-electron chi connectivity index (χ3n) is 3.85. The molecule has 0 unspecified atom stereocenters. The van der Waals surface area contributed by atoms with Gasteiger partial charge in [-0.15, -0.1) is 0 Å². The number of carbonyl (C=O) groups is 1. The number of nitrogens with zero attached hydrogens (tertiary/aromatic N) is 2. The van der Waals surface area contributed by atoms with Gasteiger partial charge in [-0.05, 0) is 24.3 Å². The van der Waals surface area contributed by atoms with Crippen LogP contribution < -0.4 is 10.1 Å². The molecule has 5 nitrogen and oxygen atoms in total. The van der Waals surface area contributed by atoms with Gasteiger partial charge >= 0.3 is 0 Å². The summed E-state index contributed by atoms with van der Waals surface area (Å²) < 4.78 is 47.3. The van der Waals surface area contributed by atoms with Crippen molar-refractivity contribution in [3.8, 4) is 11.4 Å². The van der Waals surface area contributed by atoms with Gasteiger partial charge in [-0.2, -0.15) is 0 Å². The molecule has 126 valence electrons. The lowest BCUT2D eigenvalue weighted by Gasteiger charge is -2.20. The summed E-state index contributed by atoms with van der Waals surface area (Å²) in [4.78, 5) is 16.4. The molecule has 1 N–H and O–H groups in total. The molecule has 0 bridgehead atoms. The van der Waals surface area contributed by atoms with Crippen LogP contribution in [0, 0.1) is 17.5 Å². The third-order valence-corrected chi connectivity index (χ3v) is 3.85. The number of halogens is 3. The van der Waals surface area contributed by atoms with Gasteiger partial charge in [-0.25, -0.2) is 18.2 Å².